The van der Waals surface area contributed by atoms with Crippen molar-refractivity contribution in [2.24, 2.45) is 5.92 Å². The van der Waals surface area contributed by atoms with E-state index in [9.17, 15) is 9.90 Å². The van der Waals surface area contributed by atoms with Crippen molar-refractivity contribution in [1.29, 1.82) is 0 Å². The molecule has 3 heterocycles. The minimum Gasteiger partial charge on any atom is -0.393 e. The molecule has 4 atom stereocenters. The van der Waals surface area contributed by atoms with Crippen LogP contribution in [0.2, 0.25) is 0 Å². The van der Waals surface area contributed by atoms with Gasteiger partial charge in [-0.15, -0.1) is 0 Å². The fourth-order valence-corrected chi connectivity index (χ4v) is 4.70. The van der Waals surface area contributed by atoms with Crippen molar-refractivity contribution in [3.63, 3.8) is 0 Å². The quantitative estimate of drug-likeness (QED) is 0.895. The number of fused-ring (bicyclic) bond motifs is 1. The summed E-state index contributed by atoms with van der Waals surface area (Å²) in [6.45, 7) is 4.41. The molecule has 1 aromatic carbocycles. The van der Waals surface area contributed by atoms with Gasteiger partial charge in [0, 0.05) is 69.6 Å². The number of aliphatic hydroxyl groups is 1. The van der Waals surface area contributed by atoms with Crippen molar-refractivity contribution in [3.05, 3.63) is 60.2 Å². The standard InChI is InChI=1S/C21H26N4O2/c1-15(26)24-10-7-20(27)21-18(16-5-3-2-4-6-16)13-25(19(21)14-24)12-17-11-22-8-9-23-17/h2-6,8-9,11,18-21,27H,7,10,12-14H2,1H3/t18-,19+,20+,21-/m0/s1. The van der Waals surface area contributed by atoms with Crippen LogP contribution in [-0.4, -0.2) is 62.6 Å². The van der Waals surface area contributed by atoms with Crippen LogP contribution >= 0.6 is 0 Å². The second-order valence-electron chi connectivity index (χ2n) is 7.61. The molecular formula is C21H26N4O2. The highest BCUT2D eigenvalue weighted by atomic mass is 16.3. The summed E-state index contributed by atoms with van der Waals surface area (Å²) in [4.78, 5) is 24.9. The summed E-state index contributed by atoms with van der Waals surface area (Å²) in [5.74, 6) is 0.425. The van der Waals surface area contributed by atoms with E-state index in [-0.39, 0.29) is 23.8 Å². The summed E-state index contributed by atoms with van der Waals surface area (Å²) in [6, 6.07) is 10.5. The van der Waals surface area contributed by atoms with E-state index in [1.807, 2.05) is 11.0 Å². The first kappa shape index (κ1) is 18.1. The molecule has 1 N–H and O–H groups in total. The first-order valence-electron chi connectivity index (χ1n) is 9.61. The van der Waals surface area contributed by atoms with Crippen LogP contribution in [0, 0.1) is 5.92 Å². The molecule has 6 nitrogen and oxygen atoms in total. The summed E-state index contributed by atoms with van der Waals surface area (Å²) < 4.78 is 0. The number of carbonyl (C=O) groups excluding carboxylic acids is 1. The smallest absolute Gasteiger partial charge is 0.219 e. The van der Waals surface area contributed by atoms with Crippen LogP contribution in [0.4, 0.5) is 0 Å². The Balaban J connectivity index is 1.67. The highest BCUT2D eigenvalue weighted by molar-refractivity contribution is 5.73. The first-order valence-corrected chi connectivity index (χ1v) is 9.61. The molecule has 142 valence electrons. The fourth-order valence-electron chi connectivity index (χ4n) is 4.70. The molecule has 2 aliphatic rings. The number of aliphatic hydroxyl groups excluding tert-OH is 1. The second-order valence-corrected chi connectivity index (χ2v) is 7.61. The molecule has 1 amide bonds. The van der Waals surface area contributed by atoms with Crippen LogP contribution in [0.5, 0.6) is 0 Å². The normalized spacial score (nSPS) is 28.6. The van der Waals surface area contributed by atoms with E-state index in [1.165, 1.54) is 5.56 Å². The Morgan fingerprint density at radius 2 is 2.04 bits per heavy atom. The zero-order chi connectivity index (χ0) is 18.8. The molecular weight excluding hydrogens is 340 g/mol. The predicted molar refractivity (Wildman–Crippen MR) is 102 cm³/mol. The summed E-state index contributed by atoms with van der Waals surface area (Å²) in [7, 11) is 0. The molecule has 4 rings (SSSR count). The third-order valence-electron chi connectivity index (χ3n) is 6.01. The molecule has 0 saturated carbocycles. The molecule has 0 bridgehead atoms. The Hall–Kier alpha value is -2.31. The zero-order valence-corrected chi connectivity index (χ0v) is 15.6. The molecule has 2 saturated heterocycles. The van der Waals surface area contributed by atoms with E-state index in [0.29, 0.717) is 26.1 Å². The van der Waals surface area contributed by atoms with Gasteiger partial charge in [-0.1, -0.05) is 30.3 Å². The summed E-state index contributed by atoms with van der Waals surface area (Å²) in [5, 5.41) is 11.0. The van der Waals surface area contributed by atoms with Gasteiger partial charge < -0.3 is 10.0 Å². The maximum Gasteiger partial charge on any atom is 0.219 e. The molecule has 0 aliphatic carbocycles. The van der Waals surface area contributed by atoms with Gasteiger partial charge >= 0.3 is 0 Å². The van der Waals surface area contributed by atoms with E-state index in [2.05, 4.69) is 39.1 Å². The Labute approximate surface area is 159 Å². The van der Waals surface area contributed by atoms with Gasteiger partial charge in [-0.05, 0) is 12.0 Å². The second kappa shape index (κ2) is 7.74. The molecule has 2 fully saturated rings. The Kier molecular flexibility index (Phi) is 5.18. The SMILES string of the molecule is CC(=O)N1CC[C@@H](O)[C@@H]2[C@@H](C1)N(Cc1cnccn1)C[C@H]2c1ccccc1. The van der Waals surface area contributed by atoms with Crippen LogP contribution < -0.4 is 0 Å². The molecule has 6 heteroatoms. The first-order chi connectivity index (χ1) is 13.1. The number of rotatable bonds is 3. The fraction of sp³-hybridized carbons (Fsp3) is 0.476. The third kappa shape index (κ3) is 3.73. The van der Waals surface area contributed by atoms with Crippen molar-refractivity contribution in [2.75, 3.05) is 19.6 Å². The van der Waals surface area contributed by atoms with Crippen LogP contribution in [0.3, 0.4) is 0 Å². The van der Waals surface area contributed by atoms with Crippen LogP contribution in [0.25, 0.3) is 0 Å². The minimum absolute atomic E-state index is 0.0745. The van der Waals surface area contributed by atoms with E-state index in [1.54, 1.807) is 25.5 Å². The van der Waals surface area contributed by atoms with Crippen molar-refractivity contribution >= 4 is 5.91 Å². The van der Waals surface area contributed by atoms with E-state index in [4.69, 9.17) is 0 Å². The van der Waals surface area contributed by atoms with E-state index in [0.717, 1.165) is 12.2 Å². The lowest BCUT2D eigenvalue weighted by Crippen LogP contribution is -2.44. The van der Waals surface area contributed by atoms with Gasteiger partial charge in [-0.3, -0.25) is 19.7 Å². The number of hydrogen-bond donors (Lipinski definition) is 1. The number of hydrogen-bond acceptors (Lipinski definition) is 5. The molecule has 27 heavy (non-hydrogen) atoms. The molecule has 2 aromatic rings. The Bertz CT molecular complexity index is 770. The summed E-state index contributed by atoms with van der Waals surface area (Å²) in [5.41, 5.74) is 2.17. The Morgan fingerprint density at radius 1 is 1.22 bits per heavy atom. The minimum atomic E-state index is -0.420. The lowest BCUT2D eigenvalue weighted by molar-refractivity contribution is -0.129. The van der Waals surface area contributed by atoms with Gasteiger partial charge in [-0.25, -0.2) is 0 Å². The van der Waals surface area contributed by atoms with Gasteiger partial charge in [0.2, 0.25) is 5.91 Å². The van der Waals surface area contributed by atoms with E-state index < -0.39 is 6.10 Å². The van der Waals surface area contributed by atoms with Crippen LogP contribution in [0.15, 0.2) is 48.9 Å². The van der Waals surface area contributed by atoms with Gasteiger partial charge in [0.15, 0.2) is 0 Å². The average molecular weight is 366 g/mol. The van der Waals surface area contributed by atoms with Crippen molar-refractivity contribution < 1.29 is 9.90 Å². The highest BCUT2D eigenvalue weighted by Gasteiger charge is 2.48. The lowest BCUT2D eigenvalue weighted by Gasteiger charge is -2.31. The highest BCUT2D eigenvalue weighted by Crippen LogP contribution is 2.42. The largest absolute Gasteiger partial charge is 0.393 e. The molecule has 1 aromatic heterocycles. The van der Waals surface area contributed by atoms with Crippen molar-refractivity contribution in [2.45, 2.75) is 38.0 Å². The van der Waals surface area contributed by atoms with Crippen LogP contribution in [0.1, 0.15) is 30.5 Å². The monoisotopic (exact) mass is 366 g/mol. The number of likely N-dealkylation sites (tertiary alicyclic amines) is 2. The van der Waals surface area contributed by atoms with Crippen LogP contribution in [-0.2, 0) is 11.3 Å². The van der Waals surface area contributed by atoms with Crippen molar-refractivity contribution in [1.82, 2.24) is 19.8 Å². The maximum atomic E-state index is 12.1. The molecule has 0 spiro atoms. The number of carbonyl (C=O) groups is 1. The molecule has 2 aliphatic heterocycles. The zero-order valence-electron chi connectivity index (χ0n) is 15.6. The summed E-state index contributed by atoms with van der Waals surface area (Å²) in [6.07, 6.45) is 5.39. The molecule has 0 unspecified atom stereocenters. The number of amides is 1. The lowest BCUT2D eigenvalue weighted by atomic mass is 9.81. The van der Waals surface area contributed by atoms with Gasteiger partial charge in [0.05, 0.1) is 11.8 Å². The number of aromatic nitrogens is 2. The Morgan fingerprint density at radius 3 is 2.74 bits per heavy atom. The summed E-state index contributed by atoms with van der Waals surface area (Å²) >= 11 is 0. The average Bonchev–Trinajstić information content (AvgIpc) is 2.94. The van der Waals surface area contributed by atoms with Gasteiger partial charge in [0.25, 0.3) is 0 Å². The van der Waals surface area contributed by atoms with Crippen molar-refractivity contribution in [3.8, 4) is 0 Å². The third-order valence-corrected chi connectivity index (χ3v) is 6.01. The van der Waals surface area contributed by atoms with Gasteiger partial charge in [0.1, 0.15) is 0 Å². The molecule has 0 radical (unpaired) electrons. The van der Waals surface area contributed by atoms with E-state index >= 15 is 0 Å². The maximum absolute atomic E-state index is 12.1. The predicted octanol–water partition coefficient (Wildman–Crippen LogP) is 1.67. The van der Waals surface area contributed by atoms with Gasteiger partial charge in [-0.2, -0.15) is 0 Å². The topological polar surface area (TPSA) is 69.6 Å². The number of benzene rings is 1. The number of nitrogens with zero attached hydrogens (tertiary/aromatic N) is 4.